The summed E-state index contributed by atoms with van der Waals surface area (Å²) < 4.78 is 10.4. The third kappa shape index (κ3) is 4.93. The molecular formula is C26H24N4O3. The van der Waals surface area contributed by atoms with Crippen LogP contribution >= 0.6 is 0 Å². The molecule has 166 valence electrons. The third-order valence-corrected chi connectivity index (χ3v) is 5.03. The number of anilines is 1. The molecule has 0 radical (unpaired) electrons. The van der Waals surface area contributed by atoms with Gasteiger partial charge in [0, 0.05) is 23.7 Å². The van der Waals surface area contributed by atoms with Crippen LogP contribution in [0.4, 0.5) is 5.95 Å². The highest BCUT2D eigenvalue weighted by Crippen LogP contribution is 2.36. The van der Waals surface area contributed by atoms with Crippen LogP contribution in [0.3, 0.4) is 0 Å². The molecule has 0 bridgehead atoms. The number of hydrazone groups is 1. The third-order valence-electron chi connectivity index (χ3n) is 5.03. The maximum atomic E-state index is 10.1. The minimum absolute atomic E-state index is 0.0584. The molecule has 0 saturated carbocycles. The van der Waals surface area contributed by atoms with Crippen molar-refractivity contribution in [1.82, 2.24) is 9.97 Å². The fourth-order valence-electron chi connectivity index (χ4n) is 3.29. The zero-order valence-corrected chi connectivity index (χ0v) is 18.6. The summed E-state index contributed by atoms with van der Waals surface area (Å²) in [6.07, 6.45) is 1.63. The quantitative estimate of drug-likeness (QED) is 0.322. The zero-order chi connectivity index (χ0) is 23.2. The molecule has 1 N–H and O–H groups in total. The average molecular weight is 441 g/mol. The Morgan fingerprint density at radius 3 is 1.73 bits per heavy atom. The number of aromatic hydroxyl groups is 1. The van der Waals surface area contributed by atoms with E-state index in [-0.39, 0.29) is 5.75 Å². The number of methoxy groups -OCH3 is 2. The molecule has 3 aromatic carbocycles. The molecular weight excluding hydrogens is 416 g/mol. The van der Waals surface area contributed by atoms with Crippen molar-refractivity contribution in [1.29, 1.82) is 0 Å². The van der Waals surface area contributed by atoms with Crippen molar-refractivity contribution in [3.05, 3.63) is 84.4 Å². The van der Waals surface area contributed by atoms with Crippen LogP contribution in [0.2, 0.25) is 0 Å². The second-order valence-corrected chi connectivity index (χ2v) is 7.21. The predicted molar refractivity (Wildman–Crippen MR) is 130 cm³/mol. The molecule has 0 aliphatic rings. The van der Waals surface area contributed by atoms with Crippen molar-refractivity contribution in [2.75, 3.05) is 26.3 Å². The maximum absolute atomic E-state index is 10.1. The Bertz CT molecular complexity index is 1180. The molecule has 0 atom stereocenters. The van der Waals surface area contributed by atoms with E-state index in [1.54, 1.807) is 30.4 Å². The molecule has 33 heavy (non-hydrogen) atoms. The van der Waals surface area contributed by atoms with Crippen LogP contribution in [-0.2, 0) is 0 Å². The van der Waals surface area contributed by atoms with E-state index in [2.05, 4.69) is 5.10 Å². The second kappa shape index (κ2) is 9.82. The zero-order valence-electron chi connectivity index (χ0n) is 18.6. The van der Waals surface area contributed by atoms with Gasteiger partial charge in [0.25, 0.3) is 0 Å². The van der Waals surface area contributed by atoms with Gasteiger partial charge in [0.2, 0.25) is 11.7 Å². The molecule has 0 unspecified atom stereocenters. The molecule has 0 fully saturated rings. The largest absolute Gasteiger partial charge is 0.502 e. The average Bonchev–Trinajstić information content (AvgIpc) is 2.88. The van der Waals surface area contributed by atoms with E-state index in [9.17, 15) is 5.11 Å². The van der Waals surface area contributed by atoms with Gasteiger partial charge in [-0.3, -0.25) is 0 Å². The van der Waals surface area contributed by atoms with Crippen molar-refractivity contribution < 1.29 is 14.6 Å². The van der Waals surface area contributed by atoms with Crippen LogP contribution < -0.4 is 14.5 Å². The monoisotopic (exact) mass is 440 g/mol. The Balaban J connectivity index is 1.72. The van der Waals surface area contributed by atoms with Crippen molar-refractivity contribution in [2.24, 2.45) is 5.10 Å². The lowest BCUT2D eigenvalue weighted by Gasteiger charge is -2.14. The first kappa shape index (κ1) is 21.8. The van der Waals surface area contributed by atoms with Gasteiger partial charge < -0.3 is 14.6 Å². The van der Waals surface area contributed by atoms with Gasteiger partial charge >= 0.3 is 0 Å². The fourth-order valence-corrected chi connectivity index (χ4v) is 3.29. The van der Waals surface area contributed by atoms with Crippen LogP contribution in [0, 0.1) is 0 Å². The molecule has 1 heterocycles. The van der Waals surface area contributed by atoms with Crippen molar-refractivity contribution in [3.63, 3.8) is 0 Å². The minimum Gasteiger partial charge on any atom is -0.502 e. The van der Waals surface area contributed by atoms with E-state index < -0.39 is 0 Å². The fraction of sp³-hybridized carbons (Fsp3) is 0.115. The van der Waals surface area contributed by atoms with Gasteiger partial charge in [-0.15, -0.1) is 0 Å². The molecule has 1 aromatic heterocycles. The van der Waals surface area contributed by atoms with Gasteiger partial charge in [-0.1, -0.05) is 60.7 Å². The van der Waals surface area contributed by atoms with Gasteiger partial charge in [-0.05, 0) is 18.2 Å². The van der Waals surface area contributed by atoms with Gasteiger partial charge in [0.1, 0.15) is 0 Å². The summed E-state index contributed by atoms with van der Waals surface area (Å²) in [6.45, 7) is 0. The summed E-state index contributed by atoms with van der Waals surface area (Å²) in [5.41, 5.74) is 4.27. The van der Waals surface area contributed by atoms with Crippen LogP contribution in [0.15, 0.2) is 84.0 Å². The topological polar surface area (TPSA) is 80.1 Å². The molecule has 4 rings (SSSR count). The Kier molecular flexibility index (Phi) is 6.50. The van der Waals surface area contributed by atoms with Gasteiger partial charge in [-0.25, -0.2) is 15.0 Å². The minimum atomic E-state index is -0.0584. The van der Waals surface area contributed by atoms with Crippen LogP contribution in [-0.4, -0.2) is 42.6 Å². The summed E-state index contributed by atoms with van der Waals surface area (Å²) in [4.78, 5) is 9.47. The second-order valence-electron chi connectivity index (χ2n) is 7.21. The van der Waals surface area contributed by atoms with Crippen LogP contribution in [0.5, 0.6) is 17.2 Å². The lowest BCUT2D eigenvalue weighted by atomic mass is 10.1. The van der Waals surface area contributed by atoms with Gasteiger partial charge in [0.05, 0.1) is 31.8 Å². The Hall–Kier alpha value is -4.39. The van der Waals surface area contributed by atoms with Crippen molar-refractivity contribution in [3.8, 4) is 39.8 Å². The Morgan fingerprint density at radius 2 is 1.27 bits per heavy atom. The van der Waals surface area contributed by atoms with E-state index in [1.165, 1.54) is 14.2 Å². The first-order chi connectivity index (χ1) is 16.1. The van der Waals surface area contributed by atoms with Gasteiger partial charge in [0.15, 0.2) is 11.5 Å². The molecule has 4 aromatic rings. The normalized spacial score (nSPS) is 10.9. The van der Waals surface area contributed by atoms with Gasteiger partial charge in [-0.2, -0.15) is 5.10 Å². The van der Waals surface area contributed by atoms with E-state index in [4.69, 9.17) is 19.4 Å². The van der Waals surface area contributed by atoms with E-state index in [1.807, 2.05) is 66.7 Å². The molecule has 0 aliphatic heterocycles. The van der Waals surface area contributed by atoms with Crippen LogP contribution in [0.25, 0.3) is 22.5 Å². The summed E-state index contributed by atoms with van der Waals surface area (Å²) in [5, 5.41) is 16.2. The highest BCUT2D eigenvalue weighted by molar-refractivity contribution is 5.83. The van der Waals surface area contributed by atoms with E-state index in [0.29, 0.717) is 23.0 Å². The predicted octanol–water partition coefficient (Wildman–Crippen LogP) is 5.00. The Morgan fingerprint density at radius 1 is 0.788 bits per heavy atom. The van der Waals surface area contributed by atoms with Crippen molar-refractivity contribution in [2.45, 2.75) is 0 Å². The maximum Gasteiger partial charge on any atom is 0.247 e. The van der Waals surface area contributed by atoms with E-state index >= 15 is 0 Å². The SMILES string of the molecule is COc1cc(C=NN(C)c2nc(-c3ccccc3)cc(-c3ccccc3)n2)cc(OC)c1O. The number of phenolic OH excluding ortho intramolecular Hbond substituents is 1. The highest BCUT2D eigenvalue weighted by Gasteiger charge is 2.13. The Labute approximate surface area is 192 Å². The molecule has 0 saturated heterocycles. The first-order valence-electron chi connectivity index (χ1n) is 10.3. The first-order valence-corrected chi connectivity index (χ1v) is 10.3. The lowest BCUT2D eigenvalue weighted by molar-refractivity contribution is 0.340. The number of hydrogen-bond acceptors (Lipinski definition) is 7. The van der Waals surface area contributed by atoms with Crippen LogP contribution in [0.1, 0.15) is 5.56 Å². The summed E-state index contributed by atoms with van der Waals surface area (Å²) >= 11 is 0. The number of benzene rings is 3. The van der Waals surface area contributed by atoms with Crippen molar-refractivity contribution >= 4 is 12.2 Å². The highest BCUT2D eigenvalue weighted by atomic mass is 16.5. The summed E-state index contributed by atoms with van der Waals surface area (Å²) in [5.74, 6) is 0.986. The number of ether oxygens (including phenoxy) is 2. The lowest BCUT2D eigenvalue weighted by Crippen LogP contribution is -2.13. The molecule has 0 aliphatic carbocycles. The number of phenols is 1. The number of hydrogen-bond donors (Lipinski definition) is 1. The molecule has 0 amide bonds. The number of aromatic nitrogens is 2. The molecule has 7 heteroatoms. The number of rotatable bonds is 7. The molecule has 7 nitrogen and oxygen atoms in total. The molecule has 0 spiro atoms. The summed E-state index contributed by atoms with van der Waals surface area (Å²) in [6, 6.07) is 25.2. The van der Waals surface area contributed by atoms with E-state index in [0.717, 1.165) is 22.5 Å². The number of nitrogens with zero attached hydrogens (tertiary/aromatic N) is 4. The smallest absolute Gasteiger partial charge is 0.247 e. The summed E-state index contributed by atoms with van der Waals surface area (Å²) in [7, 11) is 4.75. The standard InChI is InChI=1S/C26H24N4O3/c1-30(27-17-18-14-23(32-2)25(31)24(15-18)33-3)26-28-21(19-10-6-4-7-11-19)16-22(29-26)20-12-8-5-9-13-20/h4-17,31H,1-3H3.